The summed E-state index contributed by atoms with van der Waals surface area (Å²) < 4.78 is 14.4. The number of nitrogens with zero attached hydrogens (tertiary/aromatic N) is 4. The molecule has 1 aliphatic heterocycles. The summed E-state index contributed by atoms with van der Waals surface area (Å²) in [6.45, 7) is 2.29. The number of carbonyl (C=O) groups excluding carboxylic acids is 1. The molecule has 1 amide bonds. The number of amides is 1. The van der Waals surface area contributed by atoms with Crippen LogP contribution in [-0.4, -0.2) is 45.9 Å². The molecule has 2 N–H and O–H groups in total. The van der Waals surface area contributed by atoms with Crippen molar-refractivity contribution in [1.29, 1.82) is 0 Å². The van der Waals surface area contributed by atoms with Gasteiger partial charge in [-0.25, -0.2) is 15.0 Å². The molecule has 0 radical (unpaired) electrons. The molecule has 1 aliphatic rings. The minimum Gasteiger partial charge on any atom is -0.354 e. The van der Waals surface area contributed by atoms with Crippen LogP contribution in [0, 0.1) is 5.95 Å². The highest BCUT2D eigenvalue weighted by atomic mass is 32.1. The predicted molar refractivity (Wildman–Crippen MR) is 115 cm³/mol. The molecule has 0 saturated carbocycles. The Morgan fingerprint density at radius 3 is 2.87 bits per heavy atom. The van der Waals surface area contributed by atoms with Gasteiger partial charge in [-0.1, -0.05) is 6.08 Å². The van der Waals surface area contributed by atoms with E-state index < -0.39 is 11.9 Å². The molecular weight excluding hydrogens is 403 g/mol. The van der Waals surface area contributed by atoms with Gasteiger partial charge in [0.25, 0.3) is 5.91 Å². The van der Waals surface area contributed by atoms with Gasteiger partial charge >= 0.3 is 0 Å². The molecule has 0 bridgehead atoms. The molecule has 7 nitrogen and oxygen atoms in total. The number of nitrogens with one attached hydrogen (secondary N) is 2. The summed E-state index contributed by atoms with van der Waals surface area (Å²) >= 11 is 1.52. The summed E-state index contributed by atoms with van der Waals surface area (Å²) in [6, 6.07) is 7.20. The predicted octanol–water partition coefficient (Wildman–Crippen LogP) is 3.46. The van der Waals surface area contributed by atoms with Crippen LogP contribution < -0.4 is 10.6 Å². The topological polar surface area (TPSA) is 83.0 Å². The molecule has 154 valence electrons. The largest absolute Gasteiger partial charge is 0.354 e. The van der Waals surface area contributed by atoms with Gasteiger partial charge in [-0.3, -0.25) is 9.69 Å². The molecule has 0 unspecified atom stereocenters. The Balaban J connectivity index is 1.40. The minimum absolute atomic E-state index is 0.0802. The second-order valence-electron chi connectivity index (χ2n) is 6.84. The lowest BCUT2D eigenvalue weighted by Gasteiger charge is -2.26. The zero-order chi connectivity index (χ0) is 20.9. The van der Waals surface area contributed by atoms with Crippen LogP contribution in [0.4, 0.5) is 15.3 Å². The van der Waals surface area contributed by atoms with Gasteiger partial charge < -0.3 is 10.6 Å². The third-order valence-electron chi connectivity index (χ3n) is 4.85. The number of hydrogen-bond donors (Lipinski definition) is 2. The van der Waals surface area contributed by atoms with Crippen LogP contribution in [0.25, 0.3) is 5.57 Å². The van der Waals surface area contributed by atoms with E-state index in [1.807, 2.05) is 23.6 Å². The lowest BCUT2D eigenvalue weighted by Crippen LogP contribution is -2.28. The van der Waals surface area contributed by atoms with E-state index in [1.54, 1.807) is 24.5 Å². The third-order valence-corrected chi connectivity index (χ3v) is 5.53. The monoisotopic (exact) mass is 424 g/mol. The molecular formula is C21H21FN6OS. The summed E-state index contributed by atoms with van der Waals surface area (Å²) in [6.07, 6.45) is 6.27. The number of carbonyl (C=O) groups is 1. The normalized spacial score (nSPS) is 14.3. The minimum atomic E-state index is -0.608. The van der Waals surface area contributed by atoms with Gasteiger partial charge in [-0.15, -0.1) is 11.3 Å². The van der Waals surface area contributed by atoms with E-state index in [0.29, 0.717) is 18.5 Å². The number of rotatable bonds is 6. The first-order chi connectivity index (χ1) is 14.6. The molecule has 3 aromatic heterocycles. The average molecular weight is 425 g/mol. The van der Waals surface area contributed by atoms with Crippen molar-refractivity contribution in [2.45, 2.75) is 13.0 Å². The molecule has 9 heteroatoms. The molecule has 0 saturated heterocycles. The van der Waals surface area contributed by atoms with Crippen molar-refractivity contribution in [2.24, 2.45) is 0 Å². The van der Waals surface area contributed by atoms with Crippen molar-refractivity contribution < 1.29 is 9.18 Å². The maximum absolute atomic E-state index is 14.4. The Labute approximate surface area is 177 Å². The van der Waals surface area contributed by atoms with Gasteiger partial charge in [-0.2, -0.15) is 4.39 Å². The van der Waals surface area contributed by atoms with Crippen LogP contribution in [0.3, 0.4) is 0 Å². The van der Waals surface area contributed by atoms with Crippen LogP contribution in [0.2, 0.25) is 0 Å². The SMILES string of the molecule is CNC(=O)c1ccc(C2=CCN(Cc3ccnc(Nc4nccs4)c3)CC2)c(F)n1. The molecule has 30 heavy (non-hydrogen) atoms. The fraction of sp³-hybridized carbons (Fsp3) is 0.238. The summed E-state index contributed by atoms with van der Waals surface area (Å²) in [5, 5.41) is 8.37. The highest BCUT2D eigenvalue weighted by Crippen LogP contribution is 2.25. The summed E-state index contributed by atoms with van der Waals surface area (Å²) in [5.41, 5.74) is 2.60. The van der Waals surface area contributed by atoms with Gasteiger partial charge in [-0.05, 0) is 41.8 Å². The second-order valence-corrected chi connectivity index (χ2v) is 7.73. The maximum atomic E-state index is 14.4. The smallest absolute Gasteiger partial charge is 0.269 e. The highest BCUT2D eigenvalue weighted by Gasteiger charge is 2.18. The molecule has 0 aliphatic carbocycles. The Hall–Kier alpha value is -3.17. The fourth-order valence-electron chi connectivity index (χ4n) is 3.32. The Morgan fingerprint density at radius 1 is 1.27 bits per heavy atom. The van der Waals surface area contributed by atoms with E-state index in [9.17, 15) is 9.18 Å². The van der Waals surface area contributed by atoms with E-state index >= 15 is 0 Å². The quantitative estimate of drug-likeness (QED) is 0.590. The van der Waals surface area contributed by atoms with Crippen molar-refractivity contribution in [3.8, 4) is 0 Å². The van der Waals surface area contributed by atoms with E-state index in [-0.39, 0.29) is 5.69 Å². The van der Waals surface area contributed by atoms with Gasteiger partial charge in [0.05, 0.1) is 0 Å². The summed E-state index contributed by atoms with van der Waals surface area (Å²) in [5.74, 6) is -0.242. The third kappa shape index (κ3) is 4.69. The lowest BCUT2D eigenvalue weighted by molar-refractivity contribution is 0.0957. The molecule has 3 aromatic rings. The van der Waals surface area contributed by atoms with Crippen molar-refractivity contribution in [1.82, 2.24) is 25.2 Å². The van der Waals surface area contributed by atoms with Crippen LogP contribution in [0.1, 0.15) is 28.0 Å². The van der Waals surface area contributed by atoms with Gasteiger partial charge in [0.2, 0.25) is 5.95 Å². The van der Waals surface area contributed by atoms with Gasteiger partial charge in [0.1, 0.15) is 11.5 Å². The first-order valence-electron chi connectivity index (χ1n) is 9.54. The van der Waals surface area contributed by atoms with Gasteiger partial charge in [0, 0.05) is 50.0 Å². The average Bonchev–Trinajstić information content (AvgIpc) is 3.27. The highest BCUT2D eigenvalue weighted by molar-refractivity contribution is 7.13. The second kappa shape index (κ2) is 9.10. The molecule has 0 aromatic carbocycles. The number of anilines is 2. The molecule has 4 rings (SSSR count). The van der Waals surface area contributed by atoms with Crippen LogP contribution in [0.15, 0.2) is 48.1 Å². The van der Waals surface area contributed by atoms with Crippen LogP contribution in [-0.2, 0) is 6.54 Å². The van der Waals surface area contributed by atoms with Crippen molar-refractivity contribution in [3.63, 3.8) is 0 Å². The lowest BCUT2D eigenvalue weighted by atomic mass is 10.00. The van der Waals surface area contributed by atoms with Crippen molar-refractivity contribution in [3.05, 3.63) is 70.9 Å². The van der Waals surface area contributed by atoms with E-state index in [0.717, 1.165) is 35.2 Å². The Bertz CT molecular complexity index is 1070. The van der Waals surface area contributed by atoms with Crippen molar-refractivity contribution >= 4 is 33.8 Å². The van der Waals surface area contributed by atoms with E-state index in [2.05, 4.69) is 30.5 Å². The zero-order valence-electron chi connectivity index (χ0n) is 16.4. The van der Waals surface area contributed by atoms with Crippen molar-refractivity contribution in [2.75, 3.05) is 25.5 Å². The Morgan fingerprint density at radius 2 is 2.17 bits per heavy atom. The molecule has 0 atom stereocenters. The van der Waals surface area contributed by atoms with Gasteiger partial charge in [0.15, 0.2) is 5.13 Å². The zero-order valence-corrected chi connectivity index (χ0v) is 17.2. The number of aromatic nitrogens is 3. The molecule has 4 heterocycles. The number of thiazole rings is 1. The maximum Gasteiger partial charge on any atom is 0.269 e. The number of hydrogen-bond acceptors (Lipinski definition) is 7. The fourth-order valence-corrected chi connectivity index (χ4v) is 3.86. The first kappa shape index (κ1) is 20.1. The first-order valence-corrected chi connectivity index (χ1v) is 10.4. The number of pyridine rings is 2. The summed E-state index contributed by atoms with van der Waals surface area (Å²) in [7, 11) is 1.50. The standard InChI is InChI=1S/C21H21FN6OS/c1-23-20(29)17-3-2-16(19(22)26-17)15-5-9-28(10-6-15)13-14-4-7-24-18(12-14)27-21-25-8-11-30-21/h2-5,7-8,11-12H,6,9-10,13H2,1H3,(H,23,29)(H,24,25,27). The summed E-state index contributed by atoms with van der Waals surface area (Å²) in [4.78, 5) is 26.2. The molecule has 0 spiro atoms. The Kier molecular flexibility index (Phi) is 6.10. The number of halogens is 1. The van der Waals surface area contributed by atoms with E-state index in [1.165, 1.54) is 18.4 Å². The van der Waals surface area contributed by atoms with E-state index in [4.69, 9.17) is 0 Å². The molecule has 0 fully saturated rings. The van der Waals surface area contributed by atoms with Crippen LogP contribution in [0.5, 0.6) is 0 Å². The van der Waals surface area contributed by atoms with Crippen LogP contribution >= 0.6 is 11.3 Å².